The maximum Gasteiger partial charge on any atom is 0.240 e. The number of rotatable bonds is 9. The molecular weight excluding hydrogens is 344 g/mol. The Morgan fingerprint density at radius 1 is 1.22 bits per heavy atom. The van der Waals surface area contributed by atoms with Crippen LogP contribution in [-0.4, -0.2) is 43.5 Å². The minimum Gasteiger partial charge on any atom is -0.493 e. The second kappa shape index (κ2) is 10.00. The van der Waals surface area contributed by atoms with Gasteiger partial charge in [0.15, 0.2) is 11.5 Å². The number of nitrogens with zero attached hydrogens (tertiary/aromatic N) is 1. The first-order valence-electron chi connectivity index (χ1n) is 9.50. The molecule has 0 fully saturated rings. The van der Waals surface area contributed by atoms with E-state index in [1.807, 2.05) is 25.1 Å². The number of unbranched alkanes of at least 4 members (excludes halogenated alkanes) is 2. The molecule has 1 atom stereocenters. The number of amides is 2. The van der Waals surface area contributed by atoms with Crippen molar-refractivity contribution >= 4 is 17.9 Å². The minimum absolute atomic E-state index is 0.0235. The molecule has 148 valence electrons. The van der Waals surface area contributed by atoms with Crippen molar-refractivity contribution in [3.63, 3.8) is 0 Å². The SMILES string of the molecule is CCCCCC(C)NC(=O)CN1C=Cc2cc(OC)c(OC)cc2CC1=O. The molecule has 1 aromatic rings. The predicted molar refractivity (Wildman–Crippen MR) is 106 cm³/mol. The second-order valence-corrected chi connectivity index (χ2v) is 6.88. The third-order valence-corrected chi connectivity index (χ3v) is 4.70. The van der Waals surface area contributed by atoms with E-state index in [9.17, 15) is 9.59 Å². The number of fused-ring (bicyclic) bond motifs is 1. The molecule has 6 heteroatoms. The summed E-state index contributed by atoms with van der Waals surface area (Å²) in [7, 11) is 3.14. The van der Waals surface area contributed by atoms with Crippen molar-refractivity contribution in [2.24, 2.45) is 0 Å². The van der Waals surface area contributed by atoms with Crippen LogP contribution >= 0.6 is 0 Å². The molecule has 27 heavy (non-hydrogen) atoms. The van der Waals surface area contributed by atoms with Gasteiger partial charge in [-0.1, -0.05) is 26.2 Å². The van der Waals surface area contributed by atoms with Crippen molar-refractivity contribution in [1.29, 1.82) is 0 Å². The maximum absolute atomic E-state index is 12.6. The summed E-state index contributed by atoms with van der Waals surface area (Å²) < 4.78 is 10.6. The fourth-order valence-electron chi connectivity index (χ4n) is 3.15. The highest BCUT2D eigenvalue weighted by atomic mass is 16.5. The Morgan fingerprint density at radius 2 is 1.93 bits per heavy atom. The van der Waals surface area contributed by atoms with Crippen molar-refractivity contribution in [2.75, 3.05) is 20.8 Å². The summed E-state index contributed by atoms with van der Waals surface area (Å²) in [5, 5.41) is 2.98. The number of benzene rings is 1. The highest BCUT2D eigenvalue weighted by Gasteiger charge is 2.21. The zero-order chi connectivity index (χ0) is 19.8. The van der Waals surface area contributed by atoms with Gasteiger partial charge in [0.1, 0.15) is 6.54 Å². The van der Waals surface area contributed by atoms with Crippen LogP contribution in [0.3, 0.4) is 0 Å². The first kappa shape index (κ1) is 20.8. The largest absolute Gasteiger partial charge is 0.493 e. The van der Waals surface area contributed by atoms with Crippen LogP contribution in [0.1, 0.15) is 50.7 Å². The van der Waals surface area contributed by atoms with E-state index in [1.165, 1.54) is 11.3 Å². The van der Waals surface area contributed by atoms with Crippen LogP contribution in [0.2, 0.25) is 0 Å². The van der Waals surface area contributed by atoms with Crippen LogP contribution in [0.4, 0.5) is 0 Å². The molecule has 1 unspecified atom stereocenters. The molecular formula is C21H30N2O4. The van der Waals surface area contributed by atoms with Crippen LogP contribution in [0.5, 0.6) is 11.5 Å². The lowest BCUT2D eigenvalue weighted by Crippen LogP contribution is -2.41. The van der Waals surface area contributed by atoms with E-state index in [2.05, 4.69) is 12.2 Å². The lowest BCUT2D eigenvalue weighted by molar-refractivity contribution is -0.133. The number of carbonyl (C=O) groups is 2. The van der Waals surface area contributed by atoms with Crippen LogP contribution in [0.25, 0.3) is 6.08 Å². The Hall–Kier alpha value is -2.50. The van der Waals surface area contributed by atoms with Gasteiger partial charge in [0, 0.05) is 12.2 Å². The van der Waals surface area contributed by atoms with Crippen LogP contribution in [-0.2, 0) is 16.0 Å². The number of carbonyl (C=O) groups excluding carboxylic acids is 2. The van der Waals surface area contributed by atoms with Gasteiger partial charge in [-0.05, 0) is 42.7 Å². The number of methoxy groups -OCH3 is 2. The van der Waals surface area contributed by atoms with E-state index in [1.54, 1.807) is 20.4 Å². The Bertz CT molecular complexity index is 700. The summed E-state index contributed by atoms with van der Waals surface area (Å²) in [5.74, 6) is 0.939. The quantitative estimate of drug-likeness (QED) is 0.674. The standard InChI is InChI=1S/C21H30N2O4/c1-5-6-7-8-15(2)22-20(24)14-23-10-9-16-11-18(26-3)19(27-4)12-17(16)13-21(23)25/h9-12,15H,5-8,13-14H2,1-4H3,(H,22,24). The zero-order valence-corrected chi connectivity index (χ0v) is 16.7. The monoisotopic (exact) mass is 374 g/mol. The Kier molecular flexibility index (Phi) is 7.70. The van der Waals surface area contributed by atoms with E-state index in [0.717, 1.165) is 30.4 Å². The molecule has 2 rings (SSSR count). The van der Waals surface area contributed by atoms with E-state index in [0.29, 0.717) is 11.5 Å². The van der Waals surface area contributed by atoms with E-state index < -0.39 is 0 Å². The summed E-state index contributed by atoms with van der Waals surface area (Å²) >= 11 is 0. The van der Waals surface area contributed by atoms with Gasteiger partial charge < -0.3 is 19.7 Å². The summed E-state index contributed by atoms with van der Waals surface area (Å²) in [6, 6.07) is 3.77. The van der Waals surface area contributed by atoms with Gasteiger partial charge in [-0.2, -0.15) is 0 Å². The van der Waals surface area contributed by atoms with Gasteiger partial charge in [0.05, 0.1) is 20.6 Å². The van der Waals surface area contributed by atoms with E-state index >= 15 is 0 Å². The molecule has 0 aliphatic carbocycles. The molecule has 0 radical (unpaired) electrons. The summed E-state index contributed by atoms with van der Waals surface area (Å²) in [6.45, 7) is 4.18. The molecule has 1 heterocycles. The highest BCUT2D eigenvalue weighted by molar-refractivity contribution is 5.89. The molecule has 0 spiro atoms. The lowest BCUT2D eigenvalue weighted by Gasteiger charge is -2.19. The van der Waals surface area contributed by atoms with Gasteiger partial charge >= 0.3 is 0 Å². The molecule has 1 aromatic carbocycles. The van der Waals surface area contributed by atoms with Gasteiger partial charge in [-0.25, -0.2) is 0 Å². The van der Waals surface area contributed by atoms with E-state index in [-0.39, 0.29) is 30.8 Å². The molecule has 6 nitrogen and oxygen atoms in total. The van der Waals surface area contributed by atoms with Crippen molar-refractivity contribution in [3.8, 4) is 11.5 Å². The molecule has 0 saturated heterocycles. The molecule has 1 N–H and O–H groups in total. The molecule has 2 amide bonds. The summed E-state index contributed by atoms with van der Waals surface area (Å²) in [5.41, 5.74) is 1.74. The molecule has 1 aliphatic heterocycles. The summed E-state index contributed by atoms with van der Waals surface area (Å²) in [6.07, 6.45) is 8.08. The van der Waals surface area contributed by atoms with Crippen LogP contribution in [0, 0.1) is 0 Å². The fraction of sp³-hybridized carbons (Fsp3) is 0.524. The fourth-order valence-corrected chi connectivity index (χ4v) is 3.15. The third-order valence-electron chi connectivity index (χ3n) is 4.70. The average Bonchev–Trinajstić information content (AvgIpc) is 2.79. The topological polar surface area (TPSA) is 67.9 Å². The normalized spacial score (nSPS) is 14.4. The Balaban J connectivity index is 2.02. The van der Waals surface area contributed by atoms with Crippen molar-refractivity contribution in [1.82, 2.24) is 10.2 Å². The maximum atomic E-state index is 12.6. The van der Waals surface area contributed by atoms with Gasteiger partial charge in [0.25, 0.3) is 0 Å². The molecule has 0 aromatic heterocycles. The van der Waals surface area contributed by atoms with Crippen molar-refractivity contribution < 1.29 is 19.1 Å². The van der Waals surface area contributed by atoms with E-state index in [4.69, 9.17) is 9.47 Å². The highest BCUT2D eigenvalue weighted by Crippen LogP contribution is 2.32. The third kappa shape index (κ3) is 5.74. The Morgan fingerprint density at radius 3 is 2.59 bits per heavy atom. The number of nitrogens with one attached hydrogen (secondary N) is 1. The van der Waals surface area contributed by atoms with Crippen molar-refractivity contribution in [3.05, 3.63) is 29.5 Å². The molecule has 0 saturated carbocycles. The number of hydrogen-bond acceptors (Lipinski definition) is 4. The van der Waals surface area contributed by atoms with Crippen LogP contribution < -0.4 is 14.8 Å². The minimum atomic E-state index is -0.141. The number of hydrogen-bond donors (Lipinski definition) is 1. The average molecular weight is 374 g/mol. The van der Waals surface area contributed by atoms with Crippen LogP contribution in [0.15, 0.2) is 18.3 Å². The zero-order valence-electron chi connectivity index (χ0n) is 16.7. The summed E-state index contributed by atoms with van der Waals surface area (Å²) in [4.78, 5) is 26.4. The van der Waals surface area contributed by atoms with Gasteiger partial charge in [0.2, 0.25) is 11.8 Å². The molecule has 1 aliphatic rings. The number of ether oxygens (including phenoxy) is 2. The predicted octanol–water partition coefficient (Wildman–Crippen LogP) is 3.14. The van der Waals surface area contributed by atoms with Gasteiger partial charge in [-0.3, -0.25) is 9.59 Å². The smallest absolute Gasteiger partial charge is 0.240 e. The first-order chi connectivity index (χ1) is 13.0. The molecule has 0 bridgehead atoms. The van der Waals surface area contributed by atoms with Gasteiger partial charge in [-0.15, -0.1) is 0 Å². The van der Waals surface area contributed by atoms with Crippen molar-refractivity contribution in [2.45, 2.75) is 52.0 Å². The second-order valence-electron chi connectivity index (χ2n) is 6.88. The lowest BCUT2D eigenvalue weighted by atomic mass is 10.0. The first-order valence-corrected chi connectivity index (χ1v) is 9.50. The Labute approximate surface area is 161 Å².